The van der Waals surface area contributed by atoms with E-state index in [1.807, 2.05) is 22.9 Å². The summed E-state index contributed by atoms with van der Waals surface area (Å²) in [5, 5.41) is 7.31. The van der Waals surface area contributed by atoms with Crippen molar-refractivity contribution in [2.75, 3.05) is 6.54 Å². The Kier molecular flexibility index (Phi) is 3.46. The minimum atomic E-state index is -0.255. The van der Waals surface area contributed by atoms with Crippen LogP contribution in [-0.4, -0.2) is 33.2 Å². The van der Waals surface area contributed by atoms with Gasteiger partial charge in [-0.2, -0.15) is 5.10 Å². The van der Waals surface area contributed by atoms with Gasteiger partial charge in [0, 0.05) is 25.3 Å². The summed E-state index contributed by atoms with van der Waals surface area (Å²) in [6.07, 6.45) is 7.19. The number of hydrogen-bond donors (Lipinski definition) is 1. The zero-order valence-corrected chi connectivity index (χ0v) is 12.4. The molecule has 1 atom stereocenters. The topological polar surface area (TPSA) is 63.3 Å². The van der Waals surface area contributed by atoms with E-state index in [0.29, 0.717) is 12.6 Å². The molecule has 0 aromatic carbocycles. The van der Waals surface area contributed by atoms with Gasteiger partial charge in [-0.15, -0.1) is 0 Å². The van der Waals surface area contributed by atoms with Gasteiger partial charge in [0.15, 0.2) is 0 Å². The molecule has 4 rings (SSSR count). The van der Waals surface area contributed by atoms with Gasteiger partial charge >= 0.3 is 0 Å². The molecule has 0 bridgehead atoms. The van der Waals surface area contributed by atoms with Crippen LogP contribution in [0, 0.1) is 0 Å². The molecule has 1 aliphatic heterocycles. The molecule has 0 saturated heterocycles. The molecule has 22 heavy (non-hydrogen) atoms. The number of nitrogens with zero attached hydrogens (tertiary/aromatic N) is 3. The number of hydrogen-bond acceptors (Lipinski definition) is 4. The third-order valence-electron chi connectivity index (χ3n) is 4.73. The number of amides is 1. The number of furan rings is 1. The van der Waals surface area contributed by atoms with Crippen LogP contribution in [0.1, 0.15) is 36.8 Å². The minimum absolute atomic E-state index is 0.00498. The Hall–Kier alpha value is -2.08. The third kappa shape index (κ3) is 2.43. The zero-order valence-electron chi connectivity index (χ0n) is 12.4. The van der Waals surface area contributed by atoms with Crippen LogP contribution in [0.15, 0.2) is 35.1 Å². The largest absolute Gasteiger partial charge is 0.467 e. The SMILES string of the molecule is O=C(NCc1ccco1)C1CN(C2CCC2)Cc2ccnn21. The first kappa shape index (κ1) is 13.6. The van der Waals surface area contributed by atoms with Crippen molar-refractivity contribution in [2.24, 2.45) is 0 Å². The lowest BCUT2D eigenvalue weighted by Crippen LogP contribution is -2.50. The number of aromatic nitrogens is 2. The van der Waals surface area contributed by atoms with Crippen LogP contribution < -0.4 is 5.32 Å². The molecule has 1 aliphatic carbocycles. The summed E-state index contributed by atoms with van der Waals surface area (Å²) in [6, 6.07) is 6.07. The lowest BCUT2D eigenvalue weighted by molar-refractivity contribution is -0.126. The summed E-state index contributed by atoms with van der Waals surface area (Å²) in [5.74, 6) is 0.770. The van der Waals surface area contributed by atoms with Crippen molar-refractivity contribution >= 4 is 5.91 Å². The molecule has 116 valence electrons. The first-order valence-corrected chi connectivity index (χ1v) is 7.88. The van der Waals surface area contributed by atoms with Gasteiger partial charge in [0.05, 0.1) is 18.5 Å². The van der Waals surface area contributed by atoms with Crippen LogP contribution >= 0.6 is 0 Å². The van der Waals surface area contributed by atoms with Crippen molar-refractivity contribution < 1.29 is 9.21 Å². The maximum Gasteiger partial charge on any atom is 0.246 e. The molecule has 6 nitrogen and oxygen atoms in total. The van der Waals surface area contributed by atoms with Crippen LogP contribution in [-0.2, 0) is 17.9 Å². The van der Waals surface area contributed by atoms with E-state index in [2.05, 4.69) is 15.3 Å². The summed E-state index contributed by atoms with van der Waals surface area (Å²) in [7, 11) is 0. The van der Waals surface area contributed by atoms with E-state index in [1.54, 1.807) is 12.5 Å². The van der Waals surface area contributed by atoms with Crippen LogP contribution in [0.2, 0.25) is 0 Å². The Balaban J connectivity index is 1.48. The van der Waals surface area contributed by atoms with Crippen LogP contribution in [0.25, 0.3) is 0 Å². The smallest absolute Gasteiger partial charge is 0.246 e. The summed E-state index contributed by atoms with van der Waals surface area (Å²) in [6.45, 7) is 2.05. The molecule has 1 unspecified atom stereocenters. The predicted molar refractivity (Wildman–Crippen MR) is 79.9 cm³/mol. The standard InChI is InChI=1S/C16H20N4O2/c21-16(17-9-14-5-2-8-22-14)15-11-19(12-3-1-4-12)10-13-6-7-18-20(13)15/h2,5-8,12,15H,1,3-4,9-11H2,(H,17,21). The maximum absolute atomic E-state index is 12.6. The lowest BCUT2D eigenvalue weighted by atomic mass is 9.90. The molecular weight excluding hydrogens is 280 g/mol. The highest BCUT2D eigenvalue weighted by Crippen LogP contribution is 2.30. The van der Waals surface area contributed by atoms with Crippen molar-refractivity contribution in [3.05, 3.63) is 42.1 Å². The molecule has 1 N–H and O–H groups in total. The number of fused-ring (bicyclic) bond motifs is 1. The second-order valence-corrected chi connectivity index (χ2v) is 6.09. The van der Waals surface area contributed by atoms with Crippen LogP contribution in [0.5, 0.6) is 0 Å². The Morgan fingerprint density at radius 2 is 2.32 bits per heavy atom. The van der Waals surface area contributed by atoms with E-state index in [9.17, 15) is 4.79 Å². The van der Waals surface area contributed by atoms with Gasteiger partial charge in [0.1, 0.15) is 11.8 Å². The van der Waals surface area contributed by atoms with E-state index in [-0.39, 0.29) is 11.9 Å². The molecule has 0 spiro atoms. The summed E-state index contributed by atoms with van der Waals surface area (Å²) in [4.78, 5) is 15.0. The van der Waals surface area contributed by atoms with Gasteiger partial charge in [-0.25, -0.2) is 0 Å². The summed E-state index contributed by atoms with van der Waals surface area (Å²) >= 11 is 0. The average molecular weight is 300 g/mol. The third-order valence-corrected chi connectivity index (χ3v) is 4.73. The Morgan fingerprint density at radius 1 is 1.41 bits per heavy atom. The van der Waals surface area contributed by atoms with Gasteiger partial charge in [0.25, 0.3) is 0 Å². The van der Waals surface area contributed by atoms with E-state index in [1.165, 1.54) is 19.3 Å². The maximum atomic E-state index is 12.6. The average Bonchev–Trinajstić information content (AvgIpc) is 3.13. The minimum Gasteiger partial charge on any atom is -0.467 e. The Morgan fingerprint density at radius 3 is 3.05 bits per heavy atom. The van der Waals surface area contributed by atoms with E-state index in [4.69, 9.17) is 4.42 Å². The first-order chi connectivity index (χ1) is 10.8. The van der Waals surface area contributed by atoms with Gasteiger partial charge < -0.3 is 9.73 Å². The van der Waals surface area contributed by atoms with Gasteiger partial charge in [-0.05, 0) is 31.0 Å². The summed E-state index contributed by atoms with van der Waals surface area (Å²) in [5.41, 5.74) is 1.12. The first-order valence-electron chi connectivity index (χ1n) is 7.88. The van der Waals surface area contributed by atoms with Gasteiger partial charge in [-0.1, -0.05) is 6.42 Å². The predicted octanol–water partition coefficient (Wildman–Crippen LogP) is 1.70. The van der Waals surface area contributed by atoms with Crippen molar-refractivity contribution in [1.82, 2.24) is 20.0 Å². The monoisotopic (exact) mass is 300 g/mol. The van der Waals surface area contributed by atoms with Gasteiger partial charge in [0.2, 0.25) is 5.91 Å². The molecular formula is C16H20N4O2. The highest BCUT2D eigenvalue weighted by molar-refractivity contribution is 5.80. The fourth-order valence-corrected chi connectivity index (χ4v) is 3.25. The van der Waals surface area contributed by atoms with E-state index >= 15 is 0 Å². The van der Waals surface area contributed by atoms with Crippen molar-refractivity contribution in [2.45, 2.75) is 44.4 Å². The van der Waals surface area contributed by atoms with Crippen LogP contribution in [0.3, 0.4) is 0 Å². The highest BCUT2D eigenvalue weighted by atomic mass is 16.3. The molecule has 0 radical (unpaired) electrons. The quantitative estimate of drug-likeness (QED) is 0.933. The van der Waals surface area contributed by atoms with Crippen molar-refractivity contribution in [3.8, 4) is 0 Å². The number of nitrogens with one attached hydrogen (secondary N) is 1. The molecule has 2 aromatic rings. The molecule has 1 amide bonds. The van der Waals surface area contributed by atoms with Crippen molar-refractivity contribution in [1.29, 1.82) is 0 Å². The van der Waals surface area contributed by atoms with Gasteiger partial charge in [-0.3, -0.25) is 14.4 Å². The lowest BCUT2D eigenvalue weighted by Gasteiger charge is -2.42. The molecule has 1 fully saturated rings. The highest BCUT2D eigenvalue weighted by Gasteiger charge is 2.35. The number of rotatable bonds is 4. The Bertz CT molecular complexity index is 645. The molecule has 2 aromatic heterocycles. The molecule has 1 saturated carbocycles. The van der Waals surface area contributed by atoms with Crippen molar-refractivity contribution in [3.63, 3.8) is 0 Å². The second kappa shape index (κ2) is 5.61. The molecule has 6 heteroatoms. The van der Waals surface area contributed by atoms with E-state index in [0.717, 1.165) is 24.5 Å². The fourth-order valence-electron chi connectivity index (χ4n) is 3.25. The Labute approximate surface area is 129 Å². The normalized spacial score (nSPS) is 22.1. The second-order valence-electron chi connectivity index (χ2n) is 6.09. The zero-order chi connectivity index (χ0) is 14.9. The fraction of sp³-hybridized carbons (Fsp3) is 0.500. The number of carbonyl (C=O) groups excluding carboxylic acids is 1. The number of carbonyl (C=O) groups is 1. The van der Waals surface area contributed by atoms with Crippen LogP contribution in [0.4, 0.5) is 0 Å². The summed E-state index contributed by atoms with van der Waals surface area (Å²) < 4.78 is 7.13. The molecule has 2 aliphatic rings. The van der Waals surface area contributed by atoms with E-state index < -0.39 is 0 Å². The molecule has 3 heterocycles.